The Balaban J connectivity index is 1.37. The van der Waals surface area contributed by atoms with E-state index in [1.54, 1.807) is 4.90 Å². The lowest BCUT2D eigenvalue weighted by Gasteiger charge is -2.34. The molecule has 3 saturated heterocycles. The van der Waals surface area contributed by atoms with E-state index in [0.717, 1.165) is 45.0 Å². The molecule has 154 valence electrons. The van der Waals surface area contributed by atoms with Crippen LogP contribution in [0.4, 0.5) is 10.5 Å². The Labute approximate surface area is 171 Å². The first-order valence-corrected chi connectivity index (χ1v) is 10.7. The van der Waals surface area contributed by atoms with Crippen LogP contribution in [0.2, 0.25) is 0 Å². The molecule has 7 nitrogen and oxygen atoms in total. The van der Waals surface area contributed by atoms with Gasteiger partial charge in [0, 0.05) is 75.4 Å². The number of aromatic nitrogens is 2. The molecule has 0 saturated carbocycles. The van der Waals surface area contributed by atoms with Crippen LogP contribution in [0.25, 0.3) is 11.3 Å². The van der Waals surface area contributed by atoms with E-state index in [0.29, 0.717) is 24.9 Å². The van der Waals surface area contributed by atoms with Gasteiger partial charge in [0.05, 0.1) is 5.69 Å². The van der Waals surface area contributed by atoms with Gasteiger partial charge in [-0.2, -0.15) is 5.10 Å². The first-order valence-electron chi connectivity index (χ1n) is 10.7. The molecule has 0 aliphatic carbocycles. The number of benzene rings is 1. The summed E-state index contributed by atoms with van der Waals surface area (Å²) in [6.45, 7) is 9.40. The summed E-state index contributed by atoms with van der Waals surface area (Å²) in [5.41, 5.74) is 4.89. The summed E-state index contributed by atoms with van der Waals surface area (Å²) in [6.07, 6.45) is 2.68. The number of likely N-dealkylation sites (tertiary alicyclic amines) is 2. The van der Waals surface area contributed by atoms with Crippen molar-refractivity contribution in [3.8, 4) is 11.3 Å². The molecule has 3 aliphatic rings. The number of nitrogens with zero attached hydrogens (tertiary/aromatic N) is 5. The van der Waals surface area contributed by atoms with Crippen molar-refractivity contribution in [2.24, 2.45) is 11.8 Å². The monoisotopic (exact) mass is 395 g/mol. The van der Waals surface area contributed by atoms with Crippen molar-refractivity contribution in [1.29, 1.82) is 0 Å². The molecule has 1 aromatic carbocycles. The highest BCUT2D eigenvalue weighted by Crippen LogP contribution is 2.36. The lowest BCUT2D eigenvalue weighted by molar-refractivity contribution is 0.148. The number of amides is 1. The zero-order valence-electron chi connectivity index (χ0n) is 17.0. The van der Waals surface area contributed by atoms with Crippen molar-refractivity contribution in [1.82, 2.24) is 19.6 Å². The highest BCUT2D eigenvalue weighted by molar-refractivity contribution is 5.78. The second-order valence-electron chi connectivity index (χ2n) is 8.62. The van der Waals surface area contributed by atoms with E-state index in [1.807, 2.05) is 4.68 Å². The van der Waals surface area contributed by atoms with Crippen LogP contribution < -0.4 is 4.90 Å². The van der Waals surface area contributed by atoms with Crippen LogP contribution in [0.5, 0.6) is 0 Å². The Bertz CT molecular complexity index is 892. The summed E-state index contributed by atoms with van der Waals surface area (Å²) < 4.78 is 2.04. The second-order valence-corrected chi connectivity index (χ2v) is 8.62. The molecule has 2 unspecified atom stereocenters. The SMILES string of the molecule is CCn1cc(CN2CC3CN(C(=O)O)CC3C2)c(-c2ccccc2N2CCC2)n1. The lowest BCUT2D eigenvalue weighted by Crippen LogP contribution is -2.37. The third-order valence-corrected chi connectivity index (χ3v) is 6.74. The highest BCUT2D eigenvalue weighted by Gasteiger charge is 2.41. The summed E-state index contributed by atoms with van der Waals surface area (Å²) in [5.74, 6) is 0.924. The van der Waals surface area contributed by atoms with Gasteiger partial charge in [-0.25, -0.2) is 4.79 Å². The zero-order chi connectivity index (χ0) is 20.0. The molecule has 0 radical (unpaired) electrons. The van der Waals surface area contributed by atoms with Gasteiger partial charge in [-0.3, -0.25) is 9.58 Å². The summed E-state index contributed by atoms with van der Waals surface area (Å²) in [4.78, 5) is 17.8. The Morgan fingerprint density at radius 1 is 1.14 bits per heavy atom. The highest BCUT2D eigenvalue weighted by atomic mass is 16.4. The number of hydrogen-bond acceptors (Lipinski definition) is 4. The van der Waals surface area contributed by atoms with Crippen LogP contribution in [0, 0.1) is 11.8 Å². The minimum Gasteiger partial charge on any atom is -0.465 e. The van der Waals surface area contributed by atoms with E-state index >= 15 is 0 Å². The summed E-state index contributed by atoms with van der Waals surface area (Å²) >= 11 is 0. The van der Waals surface area contributed by atoms with Crippen LogP contribution in [-0.4, -0.2) is 70.0 Å². The number of carbonyl (C=O) groups is 1. The van der Waals surface area contributed by atoms with Crippen molar-refractivity contribution < 1.29 is 9.90 Å². The minimum absolute atomic E-state index is 0.462. The number of para-hydroxylation sites is 1. The number of hydrogen-bond donors (Lipinski definition) is 1. The first-order chi connectivity index (χ1) is 14.1. The molecule has 0 spiro atoms. The molecule has 1 aromatic heterocycles. The van der Waals surface area contributed by atoms with Crippen molar-refractivity contribution in [3.63, 3.8) is 0 Å². The third-order valence-electron chi connectivity index (χ3n) is 6.74. The smallest absolute Gasteiger partial charge is 0.407 e. The molecule has 1 amide bonds. The fourth-order valence-electron chi connectivity index (χ4n) is 5.09. The third kappa shape index (κ3) is 3.37. The molecule has 0 bridgehead atoms. The number of fused-ring (bicyclic) bond motifs is 1. The molecular formula is C22H29N5O2. The normalized spacial score (nSPS) is 24.0. The predicted molar refractivity (Wildman–Crippen MR) is 112 cm³/mol. The molecule has 2 atom stereocenters. The van der Waals surface area contributed by atoms with Gasteiger partial charge in [0.15, 0.2) is 0 Å². The topological polar surface area (TPSA) is 64.8 Å². The number of anilines is 1. The van der Waals surface area contributed by atoms with E-state index in [2.05, 4.69) is 47.2 Å². The van der Waals surface area contributed by atoms with Gasteiger partial charge >= 0.3 is 6.09 Å². The predicted octanol–water partition coefficient (Wildman–Crippen LogP) is 2.82. The minimum atomic E-state index is -0.778. The van der Waals surface area contributed by atoms with Crippen LogP contribution in [0.3, 0.4) is 0 Å². The van der Waals surface area contributed by atoms with Crippen molar-refractivity contribution in [3.05, 3.63) is 36.0 Å². The van der Waals surface area contributed by atoms with Gasteiger partial charge in [0.2, 0.25) is 0 Å². The average Bonchev–Trinajstić information content (AvgIpc) is 3.34. The van der Waals surface area contributed by atoms with Gasteiger partial charge in [-0.1, -0.05) is 18.2 Å². The fourth-order valence-corrected chi connectivity index (χ4v) is 5.09. The first kappa shape index (κ1) is 18.5. The molecule has 3 aliphatic heterocycles. The van der Waals surface area contributed by atoms with Gasteiger partial charge < -0.3 is 14.9 Å². The molecule has 5 rings (SSSR count). The van der Waals surface area contributed by atoms with E-state index in [9.17, 15) is 9.90 Å². The maximum Gasteiger partial charge on any atom is 0.407 e. The van der Waals surface area contributed by atoms with E-state index in [1.165, 1.54) is 23.2 Å². The molecule has 29 heavy (non-hydrogen) atoms. The Morgan fingerprint density at radius 2 is 1.86 bits per heavy atom. The molecule has 4 heterocycles. The standard InChI is InChI=1S/C22H29N5O2/c1-2-27-15-18(12-24-10-16-13-26(22(28)29)14-17(16)11-24)21(23-27)19-6-3-4-7-20(19)25-8-5-9-25/h3-4,6-7,15-17H,2,5,8-14H2,1H3,(H,28,29). The van der Waals surface area contributed by atoms with Crippen LogP contribution in [-0.2, 0) is 13.1 Å². The zero-order valence-corrected chi connectivity index (χ0v) is 17.0. The van der Waals surface area contributed by atoms with Crippen LogP contribution in [0.15, 0.2) is 30.5 Å². The Hall–Kier alpha value is -2.54. The fraction of sp³-hybridized carbons (Fsp3) is 0.545. The molecule has 2 aromatic rings. The maximum absolute atomic E-state index is 11.3. The number of carboxylic acid groups (broad SMARTS) is 1. The van der Waals surface area contributed by atoms with Gasteiger partial charge in [0.1, 0.15) is 0 Å². The maximum atomic E-state index is 11.3. The molecule has 7 heteroatoms. The molecule has 3 fully saturated rings. The second kappa shape index (κ2) is 7.37. The van der Waals surface area contributed by atoms with Crippen LogP contribution >= 0.6 is 0 Å². The van der Waals surface area contributed by atoms with Gasteiger partial charge in [-0.05, 0) is 31.2 Å². The van der Waals surface area contributed by atoms with Crippen molar-refractivity contribution in [2.75, 3.05) is 44.2 Å². The molecular weight excluding hydrogens is 366 g/mol. The largest absolute Gasteiger partial charge is 0.465 e. The van der Waals surface area contributed by atoms with E-state index in [-0.39, 0.29) is 0 Å². The Kier molecular flexibility index (Phi) is 4.70. The summed E-state index contributed by atoms with van der Waals surface area (Å²) in [5, 5.41) is 14.2. The van der Waals surface area contributed by atoms with Crippen LogP contribution in [0.1, 0.15) is 18.9 Å². The van der Waals surface area contributed by atoms with E-state index in [4.69, 9.17) is 5.10 Å². The van der Waals surface area contributed by atoms with E-state index < -0.39 is 6.09 Å². The van der Waals surface area contributed by atoms with Crippen molar-refractivity contribution >= 4 is 11.8 Å². The quantitative estimate of drug-likeness (QED) is 0.843. The van der Waals surface area contributed by atoms with Gasteiger partial charge in [0.25, 0.3) is 0 Å². The molecule has 1 N–H and O–H groups in total. The van der Waals surface area contributed by atoms with Gasteiger partial charge in [-0.15, -0.1) is 0 Å². The lowest BCUT2D eigenvalue weighted by atomic mass is 10.0. The summed E-state index contributed by atoms with van der Waals surface area (Å²) in [7, 11) is 0. The average molecular weight is 396 g/mol. The Morgan fingerprint density at radius 3 is 2.48 bits per heavy atom. The summed E-state index contributed by atoms with van der Waals surface area (Å²) in [6, 6.07) is 8.63. The number of rotatable bonds is 5. The number of aryl methyl sites for hydroxylation is 1. The van der Waals surface area contributed by atoms with Crippen molar-refractivity contribution in [2.45, 2.75) is 26.4 Å².